The maximum Gasteiger partial charge on any atom is 0.246 e. The molecule has 0 radical (unpaired) electrons. The third kappa shape index (κ3) is 4.79. The van der Waals surface area contributed by atoms with E-state index in [2.05, 4.69) is 5.48 Å². The highest BCUT2D eigenvalue weighted by molar-refractivity contribution is 5.74. The largest absolute Gasteiger partial charge is 0.493 e. The van der Waals surface area contributed by atoms with E-state index in [1.165, 1.54) is 5.56 Å². The first-order valence-corrected chi connectivity index (χ1v) is 5.32. The van der Waals surface area contributed by atoms with Crippen molar-refractivity contribution in [2.24, 2.45) is 0 Å². The molecule has 1 amide bonds. The molecule has 0 saturated carbocycles. The van der Waals surface area contributed by atoms with Crippen LogP contribution in [0.1, 0.15) is 18.9 Å². The first kappa shape index (κ1) is 12.5. The summed E-state index contributed by atoms with van der Waals surface area (Å²) in [5, 5.41) is 0. The Hall–Kier alpha value is -1.55. The summed E-state index contributed by atoms with van der Waals surface area (Å²) in [6, 6.07) is 7.71. The number of nitrogens with one attached hydrogen (secondary N) is 1. The number of hydrogen-bond acceptors (Lipinski definition) is 3. The van der Waals surface area contributed by atoms with Crippen LogP contribution in [0.3, 0.4) is 0 Å². The van der Waals surface area contributed by atoms with Gasteiger partial charge in [0.25, 0.3) is 0 Å². The highest BCUT2D eigenvalue weighted by Crippen LogP contribution is 2.11. The average Bonchev–Trinajstić information content (AvgIpc) is 2.29. The number of benzene rings is 1. The van der Waals surface area contributed by atoms with Gasteiger partial charge in [-0.3, -0.25) is 9.63 Å². The van der Waals surface area contributed by atoms with Crippen LogP contribution in [0.25, 0.3) is 0 Å². The predicted octanol–water partition coefficient (Wildman–Crippen LogP) is 1.83. The van der Waals surface area contributed by atoms with Crippen LogP contribution >= 0.6 is 0 Å². The third-order valence-corrected chi connectivity index (χ3v) is 1.95. The molecule has 88 valence electrons. The van der Waals surface area contributed by atoms with Crippen LogP contribution in [0.4, 0.5) is 0 Å². The minimum atomic E-state index is -0.172. The minimum Gasteiger partial charge on any atom is -0.493 e. The van der Waals surface area contributed by atoms with E-state index in [1.54, 1.807) is 0 Å². The van der Waals surface area contributed by atoms with E-state index >= 15 is 0 Å². The maximum absolute atomic E-state index is 11.1. The van der Waals surface area contributed by atoms with E-state index in [4.69, 9.17) is 9.57 Å². The van der Waals surface area contributed by atoms with Crippen molar-refractivity contribution in [2.45, 2.75) is 20.3 Å². The molecule has 0 aliphatic rings. The van der Waals surface area contributed by atoms with Gasteiger partial charge in [-0.15, -0.1) is 0 Å². The number of ether oxygens (including phenoxy) is 1. The second-order valence-corrected chi connectivity index (χ2v) is 3.37. The quantitative estimate of drug-likeness (QED) is 0.748. The molecule has 1 aromatic rings. The van der Waals surface area contributed by atoms with Gasteiger partial charge in [0.05, 0.1) is 19.6 Å². The van der Waals surface area contributed by atoms with Gasteiger partial charge in [0.1, 0.15) is 5.75 Å². The van der Waals surface area contributed by atoms with Gasteiger partial charge in [-0.05, 0) is 26.0 Å². The van der Waals surface area contributed by atoms with E-state index in [0.717, 1.165) is 5.75 Å². The molecule has 0 heterocycles. The second-order valence-electron chi connectivity index (χ2n) is 3.37. The molecule has 0 bridgehead atoms. The Balaban J connectivity index is 2.20. The predicted molar refractivity (Wildman–Crippen MR) is 61.1 cm³/mol. The first-order valence-electron chi connectivity index (χ1n) is 5.32. The van der Waals surface area contributed by atoms with E-state index in [-0.39, 0.29) is 12.3 Å². The maximum atomic E-state index is 11.1. The molecule has 4 nitrogen and oxygen atoms in total. The van der Waals surface area contributed by atoms with Crippen LogP contribution in [-0.2, 0) is 9.63 Å². The zero-order valence-electron chi connectivity index (χ0n) is 9.66. The Morgan fingerprint density at radius 2 is 2.00 bits per heavy atom. The molecule has 0 aliphatic heterocycles. The summed E-state index contributed by atoms with van der Waals surface area (Å²) in [5.74, 6) is 0.601. The van der Waals surface area contributed by atoms with Crippen molar-refractivity contribution in [2.75, 3.05) is 13.2 Å². The van der Waals surface area contributed by atoms with Gasteiger partial charge >= 0.3 is 0 Å². The summed E-state index contributed by atoms with van der Waals surface area (Å²) >= 11 is 0. The van der Waals surface area contributed by atoms with Crippen molar-refractivity contribution in [3.8, 4) is 5.75 Å². The lowest BCUT2D eigenvalue weighted by Gasteiger charge is -2.06. The summed E-state index contributed by atoms with van der Waals surface area (Å²) in [7, 11) is 0. The molecule has 0 saturated heterocycles. The molecule has 0 atom stereocenters. The van der Waals surface area contributed by atoms with Crippen molar-refractivity contribution in [1.29, 1.82) is 0 Å². The molecule has 0 aliphatic carbocycles. The second kappa shape index (κ2) is 6.85. The molecular formula is C12H17NO3. The summed E-state index contributed by atoms with van der Waals surface area (Å²) in [6.45, 7) is 4.63. The summed E-state index contributed by atoms with van der Waals surface area (Å²) in [5.41, 5.74) is 3.49. The van der Waals surface area contributed by atoms with Crippen molar-refractivity contribution < 1.29 is 14.4 Å². The molecule has 1 N–H and O–H groups in total. The monoisotopic (exact) mass is 223 g/mol. The Labute approximate surface area is 95.5 Å². The van der Waals surface area contributed by atoms with Gasteiger partial charge in [0.15, 0.2) is 0 Å². The van der Waals surface area contributed by atoms with Gasteiger partial charge in [0.2, 0.25) is 5.91 Å². The highest BCUT2D eigenvalue weighted by atomic mass is 16.6. The van der Waals surface area contributed by atoms with E-state index < -0.39 is 0 Å². The Morgan fingerprint density at radius 1 is 1.31 bits per heavy atom. The zero-order chi connectivity index (χ0) is 11.8. The highest BCUT2D eigenvalue weighted by Gasteiger charge is 2.01. The number of carbonyl (C=O) groups is 1. The van der Waals surface area contributed by atoms with Gasteiger partial charge in [-0.2, -0.15) is 0 Å². The molecular weight excluding hydrogens is 206 g/mol. The molecule has 1 aromatic carbocycles. The molecule has 0 unspecified atom stereocenters. The van der Waals surface area contributed by atoms with Crippen molar-refractivity contribution in [3.63, 3.8) is 0 Å². The van der Waals surface area contributed by atoms with E-state index in [9.17, 15) is 4.79 Å². The van der Waals surface area contributed by atoms with Crippen molar-refractivity contribution in [3.05, 3.63) is 29.8 Å². The SMILES string of the molecule is CCONC(=O)CCOc1ccc(C)cc1. The Morgan fingerprint density at radius 3 is 2.62 bits per heavy atom. The number of rotatable bonds is 6. The van der Waals surface area contributed by atoms with Gasteiger partial charge < -0.3 is 4.74 Å². The topological polar surface area (TPSA) is 47.6 Å². The lowest BCUT2D eigenvalue weighted by atomic mass is 10.2. The number of hydroxylamine groups is 1. The van der Waals surface area contributed by atoms with Gasteiger partial charge in [-0.1, -0.05) is 17.7 Å². The van der Waals surface area contributed by atoms with Crippen molar-refractivity contribution in [1.82, 2.24) is 5.48 Å². The minimum absolute atomic E-state index is 0.172. The normalized spacial score (nSPS) is 9.88. The van der Waals surface area contributed by atoms with Crippen LogP contribution < -0.4 is 10.2 Å². The Kier molecular flexibility index (Phi) is 5.36. The fourth-order valence-corrected chi connectivity index (χ4v) is 1.10. The van der Waals surface area contributed by atoms with E-state index in [0.29, 0.717) is 13.2 Å². The van der Waals surface area contributed by atoms with Crippen LogP contribution in [0.15, 0.2) is 24.3 Å². The molecule has 16 heavy (non-hydrogen) atoms. The average molecular weight is 223 g/mol. The standard InChI is InChI=1S/C12H17NO3/c1-3-16-13-12(14)8-9-15-11-6-4-10(2)5-7-11/h4-7H,3,8-9H2,1-2H3,(H,13,14). The van der Waals surface area contributed by atoms with Crippen LogP contribution in [0, 0.1) is 6.92 Å². The molecule has 0 aromatic heterocycles. The molecule has 1 rings (SSSR count). The lowest BCUT2D eigenvalue weighted by Crippen LogP contribution is -2.25. The summed E-state index contributed by atoms with van der Waals surface area (Å²) in [4.78, 5) is 15.9. The summed E-state index contributed by atoms with van der Waals surface area (Å²) in [6.07, 6.45) is 0.286. The van der Waals surface area contributed by atoms with Gasteiger partial charge in [-0.25, -0.2) is 5.48 Å². The first-order chi connectivity index (χ1) is 7.72. The van der Waals surface area contributed by atoms with E-state index in [1.807, 2.05) is 38.1 Å². The van der Waals surface area contributed by atoms with Crippen LogP contribution in [0.2, 0.25) is 0 Å². The summed E-state index contributed by atoms with van der Waals surface area (Å²) < 4.78 is 5.40. The van der Waals surface area contributed by atoms with Crippen LogP contribution in [0.5, 0.6) is 5.75 Å². The van der Waals surface area contributed by atoms with Crippen molar-refractivity contribution >= 4 is 5.91 Å². The fourth-order valence-electron chi connectivity index (χ4n) is 1.10. The molecule has 0 spiro atoms. The number of aryl methyl sites for hydroxylation is 1. The Bertz CT molecular complexity index is 322. The third-order valence-electron chi connectivity index (χ3n) is 1.95. The van der Waals surface area contributed by atoms with Crippen LogP contribution in [-0.4, -0.2) is 19.1 Å². The number of carbonyl (C=O) groups excluding carboxylic acids is 1. The molecule has 0 fully saturated rings. The molecule has 4 heteroatoms. The zero-order valence-corrected chi connectivity index (χ0v) is 9.66. The smallest absolute Gasteiger partial charge is 0.246 e. The number of amides is 1. The number of hydrogen-bond donors (Lipinski definition) is 1. The lowest BCUT2D eigenvalue weighted by molar-refractivity contribution is -0.133. The van der Waals surface area contributed by atoms with Gasteiger partial charge in [0, 0.05) is 0 Å². The fraction of sp³-hybridized carbons (Fsp3) is 0.417.